The van der Waals surface area contributed by atoms with E-state index in [4.69, 9.17) is 0 Å². The molecular formula is C27H29N5O. The van der Waals surface area contributed by atoms with Crippen LogP contribution in [0.1, 0.15) is 28.7 Å². The molecule has 33 heavy (non-hydrogen) atoms. The summed E-state index contributed by atoms with van der Waals surface area (Å²) in [7, 11) is 0. The number of hydrogen-bond donors (Lipinski definition) is 1. The van der Waals surface area contributed by atoms with E-state index in [2.05, 4.69) is 26.2 Å². The number of nitrogens with zero attached hydrogens (tertiary/aromatic N) is 4. The van der Waals surface area contributed by atoms with Crippen LogP contribution in [0, 0.1) is 11.3 Å². The minimum Gasteiger partial charge on any atom is -0.354 e. The summed E-state index contributed by atoms with van der Waals surface area (Å²) in [4.78, 5) is 21.8. The molecule has 0 aliphatic carbocycles. The van der Waals surface area contributed by atoms with E-state index in [1.54, 1.807) is 12.4 Å². The topological polar surface area (TPSA) is 72.3 Å². The number of amides is 1. The number of pyridine rings is 1. The van der Waals surface area contributed by atoms with E-state index in [9.17, 15) is 10.1 Å². The van der Waals surface area contributed by atoms with Crippen molar-refractivity contribution < 1.29 is 4.79 Å². The van der Waals surface area contributed by atoms with Crippen molar-refractivity contribution in [1.29, 1.82) is 5.26 Å². The van der Waals surface area contributed by atoms with Gasteiger partial charge in [0, 0.05) is 57.2 Å². The van der Waals surface area contributed by atoms with Crippen LogP contribution in [0.25, 0.3) is 0 Å². The molecule has 1 fully saturated rings. The smallest absolute Gasteiger partial charge is 0.232 e. The van der Waals surface area contributed by atoms with Crippen LogP contribution in [-0.2, 0) is 4.79 Å². The van der Waals surface area contributed by atoms with Crippen LogP contribution < -0.4 is 5.32 Å². The number of piperazine rings is 1. The van der Waals surface area contributed by atoms with E-state index in [1.807, 2.05) is 72.8 Å². The molecule has 1 saturated heterocycles. The van der Waals surface area contributed by atoms with Crippen LogP contribution >= 0.6 is 0 Å². The molecule has 1 aliphatic heterocycles. The second kappa shape index (κ2) is 11.4. The average molecular weight is 440 g/mol. The fraction of sp³-hybridized carbons (Fsp3) is 0.296. The molecule has 0 radical (unpaired) electrons. The molecule has 0 saturated carbocycles. The molecule has 1 N–H and O–H groups in total. The summed E-state index contributed by atoms with van der Waals surface area (Å²) in [6, 6.07) is 25.8. The van der Waals surface area contributed by atoms with Gasteiger partial charge in [-0.15, -0.1) is 0 Å². The van der Waals surface area contributed by atoms with Crippen molar-refractivity contribution >= 4 is 5.91 Å². The molecule has 1 aromatic heterocycles. The molecule has 2 heterocycles. The molecule has 3 aromatic rings. The lowest BCUT2D eigenvalue weighted by Crippen LogP contribution is -2.49. The monoisotopic (exact) mass is 439 g/mol. The first-order chi connectivity index (χ1) is 16.3. The van der Waals surface area contributed by atoms with Crippen molar-refractivity contribution in [2.75, 3.05) is 39.3 Å². The molecule has 0 bridgehead atoms. The summed E-state index contributed by atoms with van der Waals surface area (Å²) in [6.07, 6.45) is 3.50. The zero-order valence-electron chi connectivity index (χ0n) is 18.7. The molecule has 1 atom stereocenters. The number of benzene rings is 2. The molecule has 168 valence electrons. The number of hydrogen-bond acceptors (Lipinski definition) is 5. The third kappa shape index (κ3) is 5.83. The van der Waals surface area contributed by atoms with Crippen molar-refractivity contribution in [2.24, 2.45) is 0 Å². The zero-order valence-corrected chi connectivity index (χ0v) is 18.7. The standard InChI is InChI=1S/C27H29N5O/c28-20-25(24-12-7-13-29-21-24)32-18-16-31(17-19-32)15-14-30-27(33)26(22-8-3-1-4-9-22)23-10-5-2-6-11-23/h1-13,21,25-26H,14-19H2,(H,30,33). The molecule has 2 aromatic carbocycles. The molecule has 6 nitrogen and oxygen atoms in total. The van der Waals surface area contributed by atoms with E-state index >= 15 is 0 Å². The van der Waals surface area contributed by atoms with Crippen molar-refractivity contribution in [3.63, 3.8) is 0 Å². The molecule has 4 rings (SSSR count). The highest BCUT2D eigenvalue weighted by Gasteiger charge is 2.26. The van der Waals surface area contributed by atoms with E-state index in [0.717, 1.165) is 49.4 Å². The Morgan fingerprint density at radius 3 is 2.06 bits per heavy atom. The Balaban J connectivity index is 1.29. The van der Waals surface area contributed by atoms with Gasteiger partial charge in [0.2, 0.25) is 5.91 Å². The lowest BCUT2D eigenvalue weighted by Gasteiger charge is -2.37. The van der Waals surface area contributed by atoms with Crippen LogP contribution in [0.5, 0.6) is 0 Å². The van der Waals surface area contributed by atoms with Gasteiger partial charge < -0.3 is 5.32 Å². The number of rotatable bonds is 8. The number of carbonyl (C=O) groups excluding carboxylic acids is 1. The van der Waals surface area contributed by atoms with E-state index in [1.165, 1.54) is 0 Å². The number of carbonyl (C=O) groups is 1. The lowest BCUT2D eigenvalue weighted by molar-refractivity contribution is -0.121. The second-order valence-corrected chi connectivity index (χ2v) is 8.24. The quantitative estimate of drug-likeness (QED) is 0.584. The number of nitriles is 1. The Labute approximate surface area is 195 Å². The van der Waals surface area contributed by atoms with Gasteiger partial charge in [-0.1, -0.05) is 66.7 Å². The molecule has 1 unspecified atom stereocenters. The summed E-state index contributed by atoms with van der Waals surface area (Å²) < 4.78 is 0. The maximum Gasteiger partial charge on any atom is 0.232 e. The highest BCUT2D eigenvalue weighted by atomic mass is 16.1. The van der Waals surface area contributed by atoms with Crippen LogP contribution in [0.4, 0.5) is 0 Å². The van der Waals surface area contributed by atoms with E-state index < -0.39 is 0 Å². The number of nitrogens with one attached hydrogen (secondary N) is 1. The molecular weight excluding hydrogens is 410 g/mol. The fourth-order valence-electron chi connectivity index (χ4n) is 4.38. The Bertz CT molecular complexity index is 1000. The maximum absolute atomic E-state index is 13.1. The van der Waals surface area contributed by atoms with Gasteiger partial charge in [-0.3, -0.25) is 19.6 Å². The third-order valence-corrected chi connectivity index (χ3v) is 6.15. The Morgan fingerprint density at radius 1 is 0.909 bits per heavy atom. The summed E-state index contributed by atoms with van der Waals surface area (Å²) in [6.45, 7) is 4.76. The van der Waals surface area contributed by atoms with Gasteiger partial charge >= 0.3 is 0 Å². The normalized spacial score (nSPS) is 15.6. The molecule has 1 aliphatic rings. The van der Waals surface area contributed by atoms with Crippen LogP contribution in [-0.4, -0.2) is 60.0 Å². The first-order valence-corrected chi connectivity index (χ1v) is 11.4. The van der Waals surface area contributed by atoms with Crippen molar-refractivity contribution in [3.8, 4) is 6.07 Å². The summed E-state index contributed by atoms with van der Waals surface area (Å²) >= 11 is 0. The van der Waals surface area contributed by atoms with Crippen LogP contribution in [0.2, 0.25) is 0 Å². The summed E-state index contributed by atoms with van der Waals surface area (Å²) in [5.41, 5.74) is 2.93. The maximum atomic E-state index is 13.1. The van der Waals surface area contributed by atoms with Gasteiger partial charge in [-0.2, -0.15) is 5.26 Å². The zero-order chi connectivity index (χ0) is 22.9. The molecule has 1 amide bonds. The predicted octanol–water partition coefficient (Wildman–Crippen LogP) is 3.21. The van der Waals surface area contributed by atoms with Crippen molar-refractivity contribution in [1.82, 2.24) is 20.1 Å². The van der Waals surface area contributed by atoms with Crippen LogP contribution in [0.15, 0.2) is 85.2 Å². The highest BCUT2D eigenvalue weighted by molar-refractivity contribution is 5.87. The van der Waals surface area contributed by atoms with Gasteiger partial charge in [0.05, 0.1) is 12.0 Å². The minimum absolute atomic E-state index is 0.0205. The first-order valence-electron chi connectivity index (χ1n) is 11.4. The Morgan fingerprint density at radius 2 is 1.52 bits per heavy atom. The van der Waals surface area contributed by atoms with E-state index in [-0.39, 0.29) is 17.9 Å². The van der Waals surface area contributed by atoms with Gasteiger partial charge in [0.15, 0.2) is 0 Å². The minimum atomic E-state index is -0.319. The largest absolute Gasteiger partial charge is 0.354 e. The highest BCUT2D eigenvalue weighted by Crippen LogP contribution is 2.25. The van der Waals surface area contributed by atoms with Crippen molar-refractivity contribution in [3.05, 3.63) is 102 Å². The lowest BCUT2D eigenvalue weighted by atomic mass is 9.90. The summed E-state index contributed by atoms with van der Waals surface area (Å²) in [5.74, 6) is -0.299. The van der Waals surface area contributed by atoms with Gasteiger partial charge in [0.25, 0.3) is 0 Å². The fourth-order valence-corrected chi connectivity index (χ4v) is 4.38. The molecule has 6 heteroatoms. The third-order valence-electron chi connectivity index (χ3n) is 6.15. The number of aromatic nitrogens is 1. The SMILES string of the molecule is N#CC(c1cccnc1)N1CCN(CCNC(=O)C(c2ccccc2)c2ccccc2)CC1. The molecule has 0 spiro atoms. The predicted molar refractivity (Wildman–Crippen MR) is 128 cm³/mol. The van der Waals surface area contributed by atoms with Gasteiger partial charge in [-0.25, -0.2) is 0 Å². The Kier molecular flexibility index (Phi) is 7.81. The Hall–Kier alpha value is -3.53. The van der Waals surface area contributed by atoms with E-state index in [0.29, 0.717) is 6.54 Å². The van der Waals surface area contributed by atoms with Gasteiger partial charge in [0.1, 0.15) is 6.04 Å². The van der Waals surface area contributed by atoms with Crippen molar-refractivity contribution in [2.45, 2.75) is 12.0 Å². The average Bonchev–Trinajstić information content (AvgIpc) is 2.88. The van der Waals surface area contributed by atoms with Crippen LogP contribution in [0.3, 0.4) is 0 Å². The summed E-state index contributed by atoms with van der Waals surface area (Å²) in [5, 5.41) is 12.8. The second-order valence-electron chi connectivity index (χ2n) is 8.24. The van der Waals surface area contributed by atoms with Gasteiger partial charge in [-0.05, 0) is 17.2 Å². The first kappa shape index (κ1) is 22.7.